The van der Waals surface area contributed by atoms with Crippen molar-refractivity contribution in [2.75, 3.05) is 6.54 Å². The highest BCUT2D eigenvalue weighted by molar-refractivity contribution is 9.10. The maximum absolute atomic E-state index is 12.4. The van der Waals surface area contributed by atoms with Crippen LogP contribution in [0, 0.1) is 13.8 Å². The molecule has 1 nitrogen and oxygen atoms in total. The molecule has 0 aliphatic carbocycles. The molecule has 0 aliphatic rings. The van der Waals surface area contributed by atoms with Crippen LogP contribution in [-0.2, 0) is 0 Å². The summed E-state index contributed by atoms with van der Waals surface area (Å²) < 4.78 is 25.8. The van der Waals surface area contributed by atoms with Crippen LogP contribution in [-0.4, -0.2) is 13.0 Å². The zero-order chi connectivity index (χ0) is 17.1. The van der Waals surface area contributed by atoms with Crippen molar-refractivity contribution < 1.29 is 8.78 Å². The van der Waals surface area contributed by atoms with Gasteiger partial charge in [0.2, 0.25) is 0 Å². The van der Waals surface area contributed by atoms with Gasteiger partial charge in [-0.25, -0.2) is 8.78 Å². The zero-order valence-electron chi connectivity index (χ0n) is 12.9. The van der Waals surface area contributed by atoms with Crippen molar-refractivity contribution in [2.24, 2.45) is 0 Å². The van der Waals surface area contributed by atoms with Gasteiger partial charge in [0, 0.05) is 20.8 Å². The maximum atomic E-state index is 12.4. The Labute approximate surface area is 148 Å². The van der Waals surface area contributed by atoms with Gasteiger partial charge in [-0.05, 0) is 60.4 Å². The Balaban J connectivity index is 2.50. The molecule has 0 spiro atoms. The highest BCUT2D eigenvalue weighted by atomic mass is 79.9. The Morgan fingerprint density at radius 2 is 1.91 bits per heavy atom. The van der Waals surface area contributed by atoms with E-state index in [4.69, 9.17) is 11.6 Å². The molecule has 0 bridgehead atoms. The van der Waals surface area contributed by atoms with E-state index in [-0.39, 0.29) is 0 Å². The molecule has 0 saturated heterocycles. The van der Waals surface area contributed by atoms with Crippen molar-refractivity contribution in [1.29, 1.82) is 0 Å². The monoisotopic (exact) mass is 399 g/mol. The first-order valence-corrected chi connectivity index (χ1v) is 8.24. The number of nitrogens with one attached hydrogen (secondary N) is 1. The quantitative estimate of drug-likeness (QED) is 0.629. The van der Waals surface area contributed by atoms with Crippen molar-refractivity contribution in [3.8, 4) is 11.1 Å². The largest absolute Gasteiger partial charge is 0.379 e. The number of rotatable bonds is 5. The predicted octanol–water partition coefficient (Wildman–Crippen LogP) is 6.21. The van der Waals surface area contributed by atoms with Gasteiger partial charge in [-0.15, -0.1) is 0 Å². The van der Waals surface area contributed by atoms with Crippen LogP contribution in [0.25, 0.3) is 16.8 Å². The van der Waals surface area contributed by atoms with E-state index in [9.17, 15) is 8.78 Å². The van der Waals surface area contributed by atoms with E-state index in [1.807, 2.05) is 38.1 Å². The Morgan fingerprint density at radius 3 is 2.57 bits per heavy atom. The van der Waals surface area contributed by atoms with Crippen LogP contribution in [0.4, 0.5) is 8.78 Å². The molecule has 0 unspecified atom stereocenters. The Hall–Kier alpha value is -1.39. The second-order valence-electron chi connectivity index (χ2n) is 5.34. The fraction of sp³-hybridized carbons (Fsp3) is 0.222. The van der Waals surface area contributed by atoms with Crippen molar-refractivity contribution >= 4 is 33.2 Å². The first-order chi connectivity index (χ1) is 10.8. The Bertz CT molecular complexity index is 744. The van der Waals surface area contributed by atoms with Gasteiger partial charge in [0.05, 0.1) is 6.54 Å². The molecular formula is C18H17BrClF2N. The standard InChI is InChI=1S/C18H17BrClF2N/c1-10-4-5-13(19)6-15(10)17-8-14(20)7-16(11(17)2)12(3)23-9-18(21)22/h4-8,18,23H,3,9H2,1-2H3. The van der Waals surface area contributed by atoms with Crippen LogP contribution in [0.2, 0.25) is 5.02 Å². The second kappa shape index (κ2) is 7.45. The topological polar surface area (TPSA) is 12.0 Å². The second-order valence-corrected chi connectivity index (χ2v) is 6.69. The summed E-state index contributed by atoms with van der Waals surface area (Å²) in [6.07, 6.45) is -2.43. The van der Waals surface area contributed by atoms with Crippen LogP contribution in [0.5, 0.6) is 0 Å². The van der Waals surface area contributed by atoms with Crippen LogP contribution >= 0.6 is 27.5 Å². The molecule has 0 radical (unpaired) electrons. The highest BCUT2D eigenvalue weighted by Gasteiger charge is 2.14. The molecule has 0 fully saturated rings. The number of halogens is 4. The Morgan fingerprint density at radius 1 is 1.22 bits per heavy atom. The summed E-state index contributed by atoms with van der Waals surface area (Å²) in [5.41, 5.74) is 5.25. The third-order valence-corrected chi connectivity index (χ3v) is 4.37. The predicted molar refractivity (Wildman–Crippen MR) is 97.1 cm³/mol. The summed E-state index contributed by atoms with van der Waals surface area (Å²) in [7, 11) is 0. The van der Waals surface area contributed by atoms with Crippen molar-refractivity contribution in [1.82, 2.24) is 5.32 Å². The fourth-order valence-electron chi connectivity index (χ4n) is 2.45. The fourth-order valence-corrected chi connectivity index (χ4v) is 3.03. The summed E-state index contributed by atoms with van der Waals surface area (Å²) in [6.45, 7) is 7.39. The lowest BCUT2D eigenvalue weighted by Gasteiger charge is -2.17. The van der Waals surface area contributed by atoms with Crippen LogP contribution in [0.15, 0.2) is 41.4 Å². The van der Waals surface area contributed by atoms with Crippen LogP contribution in [0.3, 0.4) is 0 Å². The van der Waals surface area contributed by atoms with E-state index in [1.54, 1.807) is 6.07 Å². The summed E-state index contributed by atoms with van der Waals surface area (Å²) in [5.74, 6) is 0. The average Bonchev–Trinajstić information content (AvgIpc) is 2.49. The van der Waals surface area contributed by atoms with Gasteiger partial charge in [0.15, 0.2) is 0 Å². The molecule has 0 saturated carbocycles. The molecule has 2 rings (SSSR count). The summed E-state index contributed by atoms with van der Waals surface area (Å²) in [5, 5.41) is 3.20. The average molecular weight is 401 g/mol. The SMILES string of the molecule is C=C(NCC(F)F)c1cc(Cl)cc(-c2cc(Br)ccc2C)c1C. The van der Waals surface area contributed by atoms with Gasteiger partial charge in [-0.1, -0.05) is 40.2 Å². The van der Waals surface area contributed by atoms with Gasteiger partial charge in [0.25, 0.3) is 6.43 Å². The molecule has 0 heterocycles. The summed E-state index contributed by atoms with van der Waals surface area (Å²) in [6, 6.07) is 9.64. The molecule has 2 aromatic carbocycles. The first-order valence-electron chi connectivity index (χ1n) is 7.07. The third kappa shape index (κ3) is 4.33. The molecule has 1 N–H and O–H groups in total. The van der Waals surface area contributed by atoms with Gasteiger partial charge < -0.3 is 5.32 Å². The van der Waals surface area contributed by atoms with E-state index < -0.39 is 13.0 Å². The molecule has 0 amide bonds. The van der Waals surface area contributed by atoms with Gasteiger partial charge >= 0.3 is 0 Å². The minimum absolute atomic E-state index is 0.434. The lowest BCUT2D eigenvalue weighted by Crippen LogP contribution is -2.19. The van der Waals surface area contributed by atoms with Crippen molar-refractivity contribution in [2.45, 2.75) is 20.3 Å². The lowest BCUT2D eigenvalue weighted by atomic mass is 9.92. The minimum Gasteiger partial charge on any atom is -0.379 e. The van der Waals surface area contributed by atoms with E-state index >= 15 is 0 Å². The van der Waals surface area contributed by atoms with Crippen LogP contribution < -0.4 is 5.32 Å². The van der Waals surface area contributed by atoms with Gasteiger partial charge in [0.1, 0.15) is 0 Å². The smallest absolute Gasteiger partial charge is 0.255 e. The molecule has 0 aliphatic heterocycles. The molecule has 23 heavy (non-hydrogen) atoms. The first kappa shape index (κ1) is 18.0. The van der Waals surface area contributed by atoms with Crippen LogP contribution in [0.1, 0.15) is 16.7 Å². The normalized spacial score (nSPS) is 10.9. The number of aryl methyl sites for hydroxylation is 1. The number of hydrogen-bond acceptors (Lipinski definition) is 1. The third-order valence-electron chi connectivity index (χ3n) is 3.66. The lowest BCUT2D eigenvalue weighted by molar-refractivity contribution is 0.151. The number of benzene rings is 2. The molecule has 5 heteroatoms. The summed E-state index contributed by atoms with van der Waals surface area (Å²) in [4.78, 5) is 0. The van der Waals surface area contributed by atoms with Gasteiger partial charge in [-0.2, -0.15) is 0 Å². The van der Waals surface area contributed by atoms with E-state index in [1.165, 1.54) is 0 Å². The highest BCUT2D eigenvalue weighted by Crippen LogP contribution is 2.34. The van der Waals surface area contributed by atoms with E-state index in [2.05, 4.69) is 27.8 Å². The van der Waals surface area contributed by atoms with E-state index in [0.29, 0.717) is 10.7 Å². The Kier molecular flexibility index (Phi) is 5.82. The van der Waals surface area contributed by atoms with Gasteiger partial charge in [-0.3, -0.25) is 0 Å². The van der Waals surface area contributed by atoms with E-state index in [0.717, 1.165) is 32.3 Å². The molecule has 0 atom stereocenters. The number of alkyl halides is 2. The molecular weight excluding hydrogens is 384 g/mol. The van der Waals surface area contributed by atoms with Crippen molar-refractivity contribution in [3.63, 3.8) is 0 Å². The number of hydrogen-bond donors (Lipinski definition) is 1. The minimum atomic E-state index is -2.43. The molecule has 122 valence electrons. The summed E-state index contributed by atoms with van der Waals surface area (Å²) >= 11 is 9.72. The molecule has 2 aromatic rings. The van der Waals surface area contributed by atoms with Crippen molar-refractivity contribution in [3.05, 3.63) is 63.1 Å². The zero-order valence-corrected chi connectivity index (χ0v) is 15.2. The molecule has 0 aromatic heterocycles. The maximum Gasteiger partial charge on any atom is 0.255 e.